The van der Waals surface area contributed by atoms with Gasteiger partial charge in [-0.3, -0.25) is 9.55 Å². The van der Waals surface area contributed by atoms with Crippen LogP contribution >= 0.6 is 0 Å². The predicted octanol–water partition coefficient (Wildman–Crippen LogP) is 13.1. The second-order valence-corrected chi connectivity index (χ2v) is 15.4. The minimum atomic E-state index is 0.848. The second-order valence-electron chi connectivity index (χ2n) is 15.4. The number of aromatic nitrogens is 4. The van der Waals surface area contributed by atoms with Gasteiger partial charge in [0.15, 0.2) is 0 Å². The number of pyridine rings is 2. The summed E-state index contributed by atoms with van der Waals surface area (Å²) in [4.78, 5) is 10.4. The highest BCUT2D eigenvalue weighted by Crippen LogP contribution is 2.48. The number of rotatable bonds is 4. The molecule has 268 valence electrons. The SMILES string of the molecule is C=C/C=C\c1c(C)n(-c2ccc3ccccc3c2)c2c1c1c(c3c4ccccc4n(-c4ccc5ccc6cccnc6c5n4)c32)Cc2cc3ccccc3cc2C1. The first-order valence-corrected chi connectivity index (χ1v) is 19.7. The van der Waals surface area contributed by atoms with E-state index in [0.717, 1.165) is 51.7 Å². The number of hydrogen-bond donors (Lipinski definition) is 0. The summed E-state index contributed by atoms with van der Waals surface area (Å²) in [5.74, 6) is 0.877. The minimum Gasteiger partial charge on any atom is -0.311 e. The lowest BCUT2D eigenvalue weighted by atomic mass is 9.80. The van der Waals surface area contributed by atoms with Crippen LogP contribution < -0.4 is 0 Å². The highest BCUT2D eigenvalue weighted by atomic mass is 15.1. The van der Waals surface area contributed by atoms with Crippen LogP contribution in [-0.4, -0.2) is 19.1 Å². The van der Waals surface area contributed by atoms with Crippen molar-refractivity contribution in [2.45, 2.75) is 19.8 Å². The summed E-state index contributed by atoms with van der Waals surface area (Å²) in [7, 11) is 0. The van der Waals surface area contributed by atoms with Gasteiger partial charge < -0.3 is 4.57 Å². The van der Waals surface area contributed by atoms with Gasteiger partial charge in [-0.25, -0.2) is 4.98 Å². The second kappa shape index (κ2) is 12.1. The van der Waals surface area contributed by atoms with Crippen molar-refractivity contribution in [2.75, 3.05) is 0 Å². The van der Waals surface area contributed by atoms with Gasteiger partial charge in [0.1, 0.15) is 5.82 Å². The molecule has 4 heteroatoms. The lowest BCUT2D eigenvalue weighted by Gasteiger charge is -2.24. The molecule has 7 aromatic carbocycles. The van der Waals surface area contributed by atoms with Crippen LogP contribution in [0.3, 0.4) is 0 Å². The van der Waals surface area contributed by atoms with E-state index in [2.05, 4.69) is 168 Å². The largest absolute Gasteiger partial charge is 0.311 e. The molecule has 11 aromatic rings. The molecule has 0 fully saturated rings. The van der Waals surface area contributed by atoms with E-state index in [-0.39, 0.29) is 0 Å². The van der Waals surface area contributed by atoms with Crippen LogP contribution in [0.5, 0.6) is 0 Å². The molecule has 4 nitrogen and oxygen atoms in total. The third-order valence-corrected chi connectivity index (χ3v) is 12.4. The molecule has 4 aromatic heterocycles. The summed E-state index contributed by atoms with van der Waals surface area (Å²) in [6.07, 6.45) is 9.81. The van der Waals surface area contributed by atoms with Gasteiger partial charge >= 0.3 is 0 Å². The van der Waals surface area contributed by atoms with Crippen LogP contribution in [-0.2, 0) is 12.8 Å². The van der Waals surface area contributed by atoms with Crippen molar-refractivity contribution in [1.82, 2.24) is 19.1 Å². The monoisotopic (exact) mass is 728 g/mol. The van der Waals surface area contributed by atoms with Crippen molar-refractivity contribution < 1.29 is 0 Å². The average molecular weight is 729 g/mol. The third kappa shape index (κ3) is 4.62. The Morgan fingerprint density at radius 2 is 1.19 bits per heavy atom. The topological polar surface area (TPSA) is 35.6 Å². The van der Waals surface area contributed by atoms with E-state index in [4.69, 9.17) is 9.97 Å². The van der Waals surface area contributed by atoms with Crippen LogP contribution in [0.15, 0.2) is 164 Å². The van der Waals surface area contributed by atoms with Crippen LogP contribution in [0, 0.1) is 6.92 Å². The molecule has 0 unspecified atom stereocenters. The number of allylic oxidation sites excluding steroid dienone is 2. The average Bonchev–Trinajstić information content (AvgIpc) is 3.76. The maximum atomic E-state index is 5.52. The van der Waals surface area contributed by atoms with Gasteiger partial charge in [-0.05, 0) is 100.0 Å². The Morgan fingerprint density at radius 3 is 1.96 bits per heavy atom. The Bertz CT molecular complexity index is 3560. The Balaban J connectivity index is 1.29. The first-order chi connectivity index (χ1) is 28.1. The molecule has 57 heavy (non-hydrogen) atoms. The van der Waals surface area contributed by atoms with Gasteiger partial charge in [0, 0.05) is 50.1 Å². The third-order valence-electron chi connectivity index (χ3n) is 12.4. The molecule has 0 aliphatic heterocycles. The minimum absolute atomic E-state index is 0.848. The van der Waals surface area contributed by atoms with Gasteiger partial charge in [-0.2, -0.15) is 0 Å². The quantitative estimate of drug-likeness (QED) is 0.134. The molecule has 0 N–H and O–H groups in total. The molecule has 0 amide bonds. The predicted molar refractivity (Wildman–Crippen MR) is 239 cm³/mol. The first-order valence-electron chi connectivity index (χ1n) is 19.7. The molecular weight excluding hydrogens is 693 g/mol. The van der Waals surface area contributed by atoms with E-state index in [9.17, 15) is 0 Å². The zero-order valence-corrected chi connectivity index (χ0v) is 31.5. The van der Waals surface area contributed by atoms with Crippen molar-refractivity contribution in [1.29, 1.82) is 0 Å². The molecule has 1 aliphatic rings. The lowest BCUT2D eigenvalue weighted by molar-refractivity contribution is 1.02. The van der Waals surface area contributed by atoms with Gasteiger partial charge in [-0.15, -0.1) is 0 Å². The van der Waals surface area contributed by atoms with E-state index in [1.807, 2.05) is 18.3 Å². The summed E-state index contributed by atoms with van der Waals surface area (Å²) < 4.78 is 4.94. The Labute approximate surface area is 329 Å². The number of fused-ring (bicyclic) bond motifs is 14. The molecule has 1 aliphatic carbocycles. The highest BCUT2D eigenvalue weighted by molar-refractivity contribution is 6.22. The summed E-state index contributed by atoms with van der Waals surface area (Å²) in [5.41, 5.74) is 14.5. The Hall–Kier alpha value is -7.30. The molecular formula is C53H36N4. The summed E-state index contributed by atoms with van der Waals surface area (Å²) >= 11 is 0. The van der Waals surface area contributed by atoms with Gasteiger partial charge in [0.2, 0.25) is 0 Å². The standard InChI is InChI=1S/C53H36N4/c1-3-4-17-42-32(2)56(41-24-22-33-12-5-6-15-38(33)29-41)52-48(42)44-30-39-27-36-13-7-8-14-37(36)28-40(39)31-45(44)49-43-18-9-10-19-46(43)57(53(49)52)47-25-23-35-21-20-34-16-11-26-54-50(34)51(35)55-47/h3-29H,1,30-31H2,2H3/b17-4-. The van der Waals surface area contributed by atoms with E-state index < -0.39 is 0 Å². The fraction of sp³-hybridized carbons (Fsp3) is 0.0566. The van der Waals surface area contributed by atoms with E-state index in [1.165, 1.54) is 82.2 Å². The molecule has 0 radical (unpaired) electrons. The molecule has 0 bridgehead atoms. The molecule has 0 atom stereocenters. The maximum Gasteiger partial charge on any atom is 0.138 e. The fourth-order valence-corrected chi connectivity index (χ4v) is 9.83. The number of para-hydroxylation sites is 1. The van der Waals surface area contributed by atoms with Crippen molar-refractivity contribution in [3.63, 3.8) is 0 Å². The molecule has 12 rings (SSSR count). The molecule has 0 saturated heterocycles. The number of benzene rings is 7. The Kier molecular flexibility index (Phi) is 6.79. The number of hydrogen-bond acceptors (Lipinski definition) is 2. The van der Waals surface area contributed by atoms with Crippen molar-refractivity contribution in [2.24, 2.45) is 0 Å². The highest BCUT2D eigenvalue weighted by Gasteiger charge is 2.31. The smallest absolute Gasteiger partial charge is 0.138 e. The number of nitrogens with zero attached hydrogens (tertiary/aromatic N) is 4. The van der Waals surface area contributed by atoms with Crippen LogP contribution in [0.2, 0.25) is 0 Å². The Morgan fingerprint density at radius 1 is 0.579 bits per heavy atom. The maximum absolute atomic E-state index is 5.52. The summed E-state index contributed by atoms with van der Waals surface area (Å²) in [6.45, 7) is 6.38. The fourth-order valence-electron chi connectivity index (χ4n) is 9.83. The van der Waals surface area contributed by atoms with Gasteiger partial charge in [0.25, 0.3) is 0 Å². The van der Waals surface area contributed by atoms with Crippen molar-refractivity contribution >= 4 is 82.1 Å². The van der Waals surface area contributed by atoms with Crippen molar-refractivity contribution in [3.05, 3.63) is 198 Å². The zero-order valence-electron chi connectivity index (χ0n) is 31.5. The van der Waals surface area contributed by atoms with Gasteiger partial charge in [0.05, 0.1) is 27.6 Å². The summed E-state index contributed by atoms with van der Waals surface area (Å²) in [6, 6.07) is 50.9. The summed E-state index contributed by atoms with van der Waals surface area (Å²) in [5, 5.41) is 11.0. The zero-order chi connectivity index (χ0) is 37.8. The van der Waals surface area contributed by atoms with Crippen LogP contribution in [0.1, 0.15) is 33.5 Å². The molecule has 0 spiro atoms. The lowest BCUT2D eigenvalue weighted by Crippen LogP contribution is -2.10. The van der Waals surface area contributed by atoms with E-state index in [1.54, 1.807) is 0 Å². The van der Waals surface area contributed by atoms with Crippen LogP contribution in [0.4, 0.5) is 0 Å². The molecule has 0 saturated carbocycles. The normalized spacial score (nSPS) is 12.9. The van der Waals surface area contributed by atoms with E-state index >= 15 is 0 Å². The van der Waals surface area contributed by atoms with Gasteiger partial charge in [-0.1, -0.05) is 128 Å². The first kappa shape index (κ1) is 32.0. The van der Waals surface area contributed by atoms with E-state index in [0.29, 0.717) is 0 Å². The molecule has 4 heterocycles. The van der Waals surface area contributed by atoms with Crippen molar-refractivity contribution in [3.8, 4) is 11.5 Å². The van der Waals surface area contributed by atoms with Crippen LogP contribution in [0.25, 0.3) is 93.6 Å².